The minimum Gasteiger partial charge on any atom is -0.481 e. The number of allylic oxidation sites excluding steroid dienone is 8. The first-order chi connectivity index (χ1) is 13.0. The molecule has 0 aromatic carbocycles. The summed E-state index contributed by atoms with van der Waals surface area (Å²) in [5.41, 5.74) is 0. The molecule has 0 bridgehead atoms. The van der Waals surface area contributed by atoms with Crippen molar-refractivity contribution in [3.05, 3.63) is 72.9 Å². The van der Waals surface area contributed by atoms with E-state index in [1.54, 1.807) is 48.6 Å². The average Bonchev–Trinajstić information content (AvgIpc) is 2.63. The molecule has 0 unspecified atom stereocenters. The lowest BCUT2D eigenvalue weighted by molar-refractivity contribution is -0.136. The predicted molar refractivity (Wildman–Crippen MR) is 108 cm³/mol. The van der Waals surface area contributed by atoms with Crippen LogP contribution in [0.25, 0.3) is 0 Å². The fraction of sp³-hybridized carbons (Fsp3) is 0.364. The van der Waals surface area contributed by atoms with Crippen molar-refractivity contribution >= 4 is 11.8 Å². The molecule has 148 valence electrons. The molecule has 0 spiro atoms. The van der Waals surface area contributed by atoms with E-state index >= 15 is 0 Å². The zero-order valence-electron chi connectivity index (χ0n) is 15.8. The highest BCUT2D eigenvalue weighted by Crippen LogP contribution is 2.00. The van der Waals surface area contributed by atoms with Gasteiger partial charge in [0.1, 0.15) is 6.10 Å². The fourth-order valence-corrected chi connectivity index (χ4v) is 1.86. The van der Waals surface area contributed by atoms with Crippen molar-refractivity contribution in [3.8, 4) is 0 Å². The summed E-state index contributed by atoms with van der Waals surface area (Å²) in [4.78, 5) is 22.0. The van der Waals surface area contributed by atoms with Crippen molar-refractivity contribution in [3.63, 3.8) is 0 Å². The van der Waals surface area contributed by atoms with Crippen LogP contribution in [0.4, 0.5) is 0 Å². The Balaban J connectivity index is 4.08. The largest absolute Gasteiger partial charge is 0.481 e. The molecule has 0 aliphatic rings. The van der Waals surface area contributed by atoms with E-state index in [0.29, 0.717) is 12.8 Å². The molecule has 5 nitrogen and oxygen atoms in total. The van der Waals surface area contributed by atoms with Crippen LogP contribution in [0.2, 0.25) is 0 Å². The third-order valence-electron chi connectivity index (χ3n) is 3.31. The minimum absolute atomic E-state index is 0.0306. The summed E-state index contributed by atoms with van der Waals surface area (Å²) < 4.78 is 0. The second-order valence-electron chi connectivity index (χ2n) is 5.75. The van der Waals surface area contributed by atoms with E-state index in [1.165, 1.54) is 12.2 Å². The number of hydrogen-bond acceptors (Lipinski definition) is 4. The summed E-state index contributed by atoms with van der Waals surface area (Å²) in [7, 11) is 0. The molecule has 27 heavy (non-hydrogen) atoms. The molecule has 3 N–H and O–H groups in total. The van der Waals surface area contributed by atoms with Crippen LogP contribution in [-0.2, 0) is 9.59 Å². The Labute approximate surface area is 161 Å². The maximum absolute atomic E-state index is 11.7. The number of hydrogen-bond donors (Lipinski definition) is 3. The molecule has 2 atom stereocenters. The van der Waals surface area contributed by atoms with Gasteiger partial charge >= 0.3 is 5.97 Å². The smallest absolute Gasteiger partial charge is 0.303 e. The van der Waals surface area contributed by atoms with Gasteiger partial charge in [-0.15, -0.1) is 0 Å². The molecule has 0 amide bonds. The summed E-state index contributed by atoms with van der Waals surface area (Å²) in [6.07, 6.45) is 20.9. The monoisotopic (exact) mass is 374 g/mol. The highest BCUT2D eigenvalue weighted by atomic mass is 16.4. The Kier molecular flexibility index (Phi) is 15.4. The molecule has 5 heteroatoms. The number of aliphatic hydroxyl groups is 2. The summed E-state index contributed by atoms with van der Waals surface area (Å²) in [5.74, 6) is -1.29. The molecule has 0 aromatic heterocycles. The minimum atomic E-state index is -1.13. The molecule has 0 fully saturated rings. The highest BCUT2D eigenvalue weighted by Gasteiger charge is 2.08. The number of aliphatic hydroxyl groups excluding tert-OH is 2. The Bertz CT molecular complexity index is 594. The Morgan fingerprint density at radius 1 is 0.852 bits per heavy atom. The lowest BCUT2D eigenvalue weighted by Crippen LogP contribution is -2.16. The van der Waals surface area contributed by atoms with E-state index < -0.39 is 24.0 Å². The third kappa shape index (κ3) is 16.7. The number of carbonyl (C=O) groups is 2. The van der Waals surface area contributed by atoms with Crippen molar-refractivity contribution in [2.75, 3.05) is 0 Å². The van der Waals surface area contributed by atoms with Gasteiger partial charge in [0.15, 0.2) is 5.78 Å². The van der Waals surface area contributed by atoms with Crippen molar-refractivity contribution in [1.29, 1.82) is 0 Å². The molecule has 0 heterocycles. The molecule has 0 aliphatic carbocycles. The van der Waals surface area contributed by atoms with Crippen LogP contribution in [0.3, 0.4) is 0 Å². The third-order valence-corrected chi connectivity index (χ3v) is 3.31. The van der Waals surface area contributed by atoms with Gasteiger partial charge in [-0.25, -0.2) is 0 Å². The van der Waals surface area contributed by atoms with Crippen LogP contribution >= 0.6 is 0 Å². The molecule has 0 saturated heterocycles. The van der Waals surface area contributed by atoms with Gasteiger partial charge in [-0.1, -0.05) is 73.8 Å². The van der Waals surface area contributed by atoms with E-state index in [-0.39, 0.29) is 12.8 Å². The van der Waals surface area contributed by atoms with E-state index in [2.05, 4.69) is 0 Å². The first-order valence-electron chi connectivity index (χ1n) is 9.07. The number of aliphatic carboxylic acids is 1. The predicted octanol–water partition coefficient (Wildman–Crippen LogP) is 3.67. The van der Waals surface area contributed by atoms with Gasteiger partial charge in [0.25, 0.3) is 0 Å². The van der Waals surface area contributed by atoms with Crippen molar-refractivity contribution in [2.45, 2.75) is 51.2 Å². The van der Waals surface area contributed by atoms with Gasteiger partial charge in [-0.2, -0.15) is 0 Å². The van der Waals surface area contributed by atoms with Crippen LogP contribution in [0.5, 0.6) is 0 Å². The molecular formula is C22H30O5. The van der Waals surface area contributed by atoms with E-state index in [4.69, 9.17) is 5.11 Å². The molecule has 0 saturated carbocycles. The number of carboxylic acids is 1. The van der Waals surface area contributed by atoms with Crippen LogP contribution in [0.1, 0.15) is 39.0 Å². The van der Waals surface area contributed by atoms with Crippen LogP contribution in [0.15, 0.2) is 72.9 Å². The second kappa shape index (κ2) is 16.9. The van der Waals surface area contributed by atoms with Gasteiger partial charge in [0.05, 0.1) is 6.10 Å². The second-order valence-corrected chi connectivity index (χ2v) is 5.75. The zero-order valence-corrected chi connectivity index (χ0v) is 15.8. The molecular weight excluding hydrogens is 344 g/mol. The molecule has 0 radical (unpaired) electrons. The van der Waals surface area contributed by atoms with Gasteiger partial charge in [0, 0.05) is 6.42 Å². The van der Waals surface area contributed by atoms with E-state index in [9.17, 15) is 19.8 Å². The Morgan fingerprint density at radius 2 is 1.48 bits per heavy atom. The van der Waals surface area contributed by atoms with Gasteiger partial charge < -0.3 is 15.3 Å². The zero-order chi connectivity index (χ0) is 20.3. The molecule has 0 aromatic rings. The summed E-state index contributed by atoms with van der Waals surface area (Å²) in [6.45, 7) is 2.04. The summed E-state index contributed by atoms with van der Waals surface area (Å²) >= 11 is 0. The lowest BCUT2D eigenvalue weighted by atomic mass is 10.1. The van der Waals surface area contributed by atoms with Gasteiger partial charge in [-0.3, -0.25) is 9.59 Å². The SMILES string of the molecule is CC/C=C\C[C@@H](O)/C=C/C=C\C=C\C=C\C(=O)[C@@H](O)C/C=C\CCC(=O)O. The van der Waals surface area contributed by atoms with Gasteiger partial charge in [-0.05, 0) is 31.8 Å². The number of rotatable bonds is 14. The number of ketones is 1. The first-order valence-corrected chi connectivity index (χ1v) is 9.07. The maximum atomic E-state index is 11.7. The number of carbonyl (C=O) groups excluding carboxylic acids is 1. The molecule has 0 rings (SSSR count). The standard InChI is InChI=1S/C22H30O5/c1-2-3-9-14-19(23)15-10-6-4-5-7-11-16-20(24)21(25)17-12-8-13-18-22(26)27/h3-12,15-16,19,21,23,25H,2,13-14,17-18H2,1H3,(H,26,27)/b6-4-,7-5+,9-3-,12-8-,15-10+,16-11+/t19-,21+/m1/s1. The van der Waals surface area contributed by atoms with Crippen molar-refractivity contribution < 1.29 is 24.9 Å². The van der Waals surface area contributed by atoms with Gasteiger partial charge in [0.2, 0.25) is 0 Å². The first kappa shape index (κ1) is 24.5. The highest BCUT2D eigenvalue weighted by molar-refractivity contribution is 5.93. The lowest BCUT2D eigenvalue weighted by Gasteiger charge is -2.01. The molecule has 0 aliphatic heterocycles. The van der Waals surface area contributed by atoms with Crippen LogP contribution < -0.4 is 0 Å². The topological polar surface area (TPSA) is 94.8 Å². The maximum Gasteiger partial charge on any atom is 0.303 e. The van der Waals surface area contributed by atoms with Crippen LogP contribution in [0, 0.1) is 0 Å². The van der Waals surface area contributed by atoms with E-state index in [0.717, 1.165) is 6.42 Å². The fourth-order valence-electron chi connectivity index (χ4n) is 1.86. The van der Waals surface area contributed by atoms with Crippen molar-refractivity contribution in [2.24, 2.45) is 0 Å². The van der Waals surface area contributed by atoms with Crippen molar-refractivity contribution in [1.82, 2.24) is 0 Å². The summed E-state index contributed by atoms with van der Waals surface area (Å²) in [6, 6.07) is 0. The normalized spacial score (nSPS) is 15.2. The Morgan fingerprint density at radius 3 is 2.15 bits per heavy atom. The van der Waals surface area contributed by atoms with Crippen LogP contribution in [-0.4, -0.2) is 39.3 Å². The Hall–Kier alpha value is -2.50. The average molecular weight is 374 g/mol. The van der Waals surface area contributed by atoms with E-state index in [1.807, 2.05) is 19.1 Å². The quantitative estimate of drug-likeness (QED) is 0.245. The summed E-state index contributed by atoms with van der Waals surface area (Å²) in [5, 5.41) is 27.8. The number of carboxylic acid groups (broad SMARTS) is 1.